The lowest BCUT2D eigenvalue weighted by Crippen LogP contribution is -2.29. The van der Waals surface area contributed by atoms with Gasteiger partial charge in [-0.25, -0.2) is 0 Å². The maximum Gasteiger partial charge on any atom is 0.488 e. The Kier molecular flexibility index (Phi) is 6.36. The molecule has 0 fully saturated rings. The quantitative estimate of drug-likeness (QED) is 0.218. The molecule has 1 heterocycles. The lowest BCUT2D eigenvalue weighted by atomic mass is 9.80. The molecule has 0 aliphatic rings. The number of aromatic nitrogens is 1. The first-order chi connectivity index (χ1) is 20.2. The van der Waals surface area contributed by atoms with Gasteiger partial charge in [0.25, 0.3) is 0 Å². The molecule has 41 heavy (non-hydrogen) atoms. The first-order valence-electron chi connectivity index (χ1n) is 13.7. The van der Waals surface area contributed by atoms with E-state index >= 15 is 0 Å². The third kappa shape index (κ3) is 4.57. The van der Waals surface area contributed by atoms with Gasteiger partial charge in [0.05, 0.1) is 11.0 Å². The highest BCUT2D eigenvalue weighted by Gasteiger charge is 2.16. The van der Waals surface area contributed by atoms with Gasteiger partial charge in [-0.05, 0) is 83.3 Å². The zero-order valence-electron chi connectivity index (χ0n) is 22.3. The minimum absolute atomic E-state index is 0.480. The fourth-order valence-electron chi connectivity index (χ4n) is 5.63. The van der Waals surface area contributed by atoms with Gasteiger partial charge in [0, 0.05) is 33.5 Å². The summed E-state index contributed by atoms with van der Waals surface area (Å²) >= 11 is 0. The molecule has 0 atom stereocenters. The van der Waals surface area contributed by atoms with Crippen LogP contribution in [0, 0.1) is 0 Å². The van der Waals surface area contributed by atoms with Crippen molar-refractivity contribution in [2.45, 2.75) is 0 Å². The number of rotatable bonds is 6. The minimum atomic E-state index is -1.47. The Balaban J connectivity index is 1.33. The van der Waals surface area contributed by atoms with Crippen LogP contribution in [0.1, 0.15) is 0 Å². The molecule has 1 aromatic heterocycles. The van der Waals surface area contributed by atoms with Crippen molar-refractivity contribution in [1.82, 2.24) is 4.57 Å². The van der Waals surface area contributed by atoms with Gasteiger partial charge in [0.15, 0.2) is 0 Å². The van der Waals surface area contributed by atoms with E-state index in [4.69, 9.17) is 0 Å². The SMILES string of the molecule is OB(O)c1ccc(-c2ccc3c(c2)c2ccccc2n3-c2ccc(N(c3ccccc3)c3ccccc3)cc2)cc1. The first kappa shape index (κ1) is 24.9. The second-order valence-corrected chi connectivity index (χ2v) is 10.1. The molecule has 7 rings (SSSR count). The summed E-state index contributed by atoms with van der Waals surface area (Å²) in [5.41, 5.74) is 9.26. The molecule has 0 radical (unpaired) electrons. The average molecular weight is 530 g/mol. The smallest absolute Gasteiger partial charge is 0.423 e. The van der Waals surface area contributed by atoms with E-state index < -0.39 is 7.12 Å². The summed E-state index contributed by atoms with van der Waals surface area (Å²) < 4.78 is 2.32. The Labute approximate surface area is 239 Å². The monoisotopic (exact) mass is 530 g/mol. The number of benzene rings is 6. The zero-order valence-corrected chi connectivity index (χ0v) is 22.3. The van der Waals surface area contributed by atoms with Crippen molar-refractivity contribution < 1.29 is 10.0 Å². The van der Waals surface area contributed by atoms with Crippen LogP contribution in [0.4, 0.5) is 17.1 Å². The van der Waals surface area contributed by atoms with Crippen molar-refractivity contribution in [3.63, 3.8) is 0 Å². The highest BCUT2D eigenvalue weighted by atomic mass is 16.4. The average Bonchev–Trinajstić information content (AvgIpc) is 3.36. The van der Waals surface area contributed by atoms with Gasteiger partial charge >= 0.3 is 7.12 Å². The Bertz CT molecular complexity index is 1910. The summed E-state index contributed by atoms with van der Waals surface area (Å²) in [5.74, 6) is 0. The molecule has 0 saturated carbocycles. The molecule has 5 heteroatoms. The summed E-state index contributed by atoms with van der Waals surface area (Å²) in [4.78, 5) is 2.27. The van der Waals surface area contributed by atoms with Crippen molar-refractivity contribution in [2.24, 2.45) is 0 Å². The third-order valence-corrected chi connectivity index (χ3v) is 7.61. The number of hydrogen-bond acceptors (Lipinski definition) is 3. The molecule has 0 amide bonds. The van der Waals surface area contributed by atoms with E-state index in [9.17, 15) is 10.0 Å². The Morgan fingerprint density at radius 1 is 0.463 bits per heavy atom. The second kappa shape index (κ2) is 10.5. The molecule has 0 saturated heterocycles. The fourth-order valence-corrected chi connectivity index (χ4v) is 5.63. The predicted octanol–water partition coefficient (Wildman–Crippen LogP) is 7.60. The molecule has 0 unspecified atom stereocenters. The van der Waals surface area contributed by atoms with Crippen molar-refractivity contribution in [2.75, 3.05) is 4.90 Å². The maximum absolute atomic E-state index is 9.47. The fraction of sp³-hybridized carbons (Fsp3) is 0. The van der Waals surface area contributed by atoms with Gasteiger partial charge < -0.3 is 19.5 Å². The third-order valence-electron chi connectivity index (χ3n) is 7.61. The van der Waals surface area contributed by atoms with Crippen molar-refractivity contribution in [1.29, 1.82) is 0 Å². The van der Waals surface area contributed by atoms with E-state index in [1.165, 1.54) is 10.8 Å². The van der Waals surface area contributed by atoms with Gasteiger partial charge in [-0.2, -0.15) is 0 Å². The highest BCUT2D eigenvalue weighted by Crippen LogP contribution is 2.37. The molecule has 196 valence electrons. The molecule has 0 aliphatic carbocycles. The maximum atomic E-state index is 9.47. The van der Waals surface area contributed by atoms with Crippen LogP contribution in [-0.2, 0) is 0 Å². The Hall–Kier alpha value is -5.10. The normalized spacial score (nSPS) is 11.2. The molecule has 0 aliphatic heterocycles. The molecular formula is C36H27BN2O2. The number of para-hydroxylation sites is 3. The summed E-state index contributed by atoms with van der Waals surface area (Å²) in [5, 5.41) is 21.3. The van der Waals surface area contributed by atoms with Gasteiger partial charge in [-0.3, -0.25) is 0 Å². The Morgan fingerprint density at radius 2 is 1.00 bits per heavy atom. The summed E-state index contributed by atoms with van der Waals surface area (Å²) in [7, 11) is -1.47. The lowest BCUT2D eigenvalue weighted by Gasteiger charge is -2.25. The van der Waals surface area contributed by atoms with Crippen LogP contribution < -0.4 is 10.4 Å². The Morgan fingerprint density at radius 3 is 1.63 bits per heavy atom. The molecule has 4 nitrogen and oxygen atoms in total. The van der Waals surface area contributed by atoms with Crippen LogP contribution in [0.25, 0.3) is 38.6 Å². The number of hydrogen-bond donors (Lipinski definition) is 2. The standard InChI is InChI=1S/C36H27BN2O2/c40-37(41)28-18-15-26(16-19-28)27-17-24-36-34(25-27)33-13-7-8-14-35(33)39(36)32-22-20-31(21-23-32)38(29-9-3-1-4-10-29)30-11-5-2-6-12-30/h1-25,40-41H. The molecule has 0 bridgehead atoms. The van der Waals surface area contributed by atoms with E-state index in [2.05, 4.69) is 125 Å². The van der Waals surface area contributed by atoms with Gasteiger partial charge in [0.2, 0.25) is 0 Å². The summed E-state index contributed by atoms with van der Waals surface area (Å²) in [6.45, 7) is 0. The molecule has 2 N–H and O–H groups in total. The molecular weight excluding hydrogens is 503 g/mol. The van der Waals surface area contributed by atoms with E-state index in [1.807, 2.05) is 24.3 Å². The van der Waals surface area contributed by atoms with E-state index in [-0.39, 0.29) is 0 Å². The van der Waals surface area contributed by atoms with Crippen molar-refractivity contribution >= 4 is 51.4 Å². The van der Waals surface area contributed by atoms with Gasteiger partial charge in [0.1, 0.15) is 0 Å². The summed E-state index contributed by atoms with van der Waals surface area (Å²) in [6, 6.07) is 52.0. The van der Waals surface area contributed by atoms with Crippen molar-refractivity contribution in [3.05, 3.63) is 152 Å². The molecule has 7 aromatic rings. The van der Waals surface area contributed by atoms with Gasteiger partial charge in [-0.15, -0.1) is 0 Å². The zero-order chi connectivity index (χ0) is 27.8. The number of anilines is 3. The minimum Gasteiger partial charge on any atom is -0.423 e. The number of nitrogens with zero attached hydrogens (tertiary/aromatic N) is 2. The molecule has 6 aromatic carbocycles. The van der Waals surface area contributed by atoms with Crippen LogP contribution >= 0.6 is 0 Å². The van der Waals surface area contributed by atoms with Gasteiger partial charge in [-0.1, -0.05) is 84.9 Å². The number of fused-ring (bicyclic) bond motifs is 3. The lowest BCUT2D eigenvalue weighted by molar-refractivity contribution is 0.426. The van der Waals surface area contributed by atoms with E-state index in [1.54, 1.807) is 12.1 Å². The van der Waals surface area contributed by atoms with Crippen molar-refractivity contribution in [3.8, 4) is 16.8 Å². The largest absolute Gasteiger partial charge is 0.488 e. The topological polar surface area (TPSA) is 48.6 Å². The van der Waals surface area contributed by atoms with Crippen LogP contribution in [-0.4, -0.2) is 21.7 Å². The van der Waals surface area contributed by atoms with Crippen LogP contribution in [0.3, 0.4) is 0 Å². The van der Waals surface area contributed by atoms with Crippen LogP contribution in [0.15, 0.2) is 152 Å². The first-order valence-corrected chi connectivity index (χ1v) is 13.7. The predicted molar refractivity (Wildman–Crippen MR) is 171 cm³/mol. The van der Waals surface area contributed by atoms with Crippen LogP contribution in [0.2, 0.25) is 0 Å². The second-order valence-electron chi connectivity index (χ2n) is 10.1. The summed E-state index contributed by atoms with van der Waals surface area (Å²) in [6.07, 6.45) is 0. The van der Waals surface area contributed by atoms with E-state index in [0.717, 1.165) is 44.9 Å². The van der Waals surface area contributed by atoms with Crippen LogP contribution in [0.5, 0.6) is 0 Å². The van der Waals surface area contributed by atoms with E-state index in [0.29, 0.717) is 5.46 Å². The molecule has 0 spiro atoms. The highest BCUT2D eigenvalue weighted by molar-refractivity contribution is 6.58.